The van der Waals surface area contributed by atoms with Crippen LogP contribution in [0.2, 0.25) is 10.0 Å². The van der Waals surface area contributed by atoms with E-state index >= 15 is 0 Å². The summed E-state index contributed by atoms with van der Waals surface area (Å²) in [6.07, 6.45) is -0.327. The van der Waals surface area contributed by atoms with Crippen molar-refractivity contribution in [2.45, 2.75) is 6.42 Å². The average molecular weight is 507 g/mol. The minimum atomic E-state index is -0.434. The van der Waals surface area contributed by atoms with Crippen LogP contribution in [-0.4, -0.2) is 11.8 Å². The molecule has 0 bridgehead atoms. The Bertz CT molecular complexity index is 1190. The Morgan fingerprint density at radius 2 is 0.800 bits per heavy atom. The van der Waals surface area contributed by atoms with Crippen LogP contribution in [0.1, 0.15) is 6.42 Å². The van der Waals surface area contributed by atoms with E-state index in [9.17, 15) is 9.59 Å². The van der Waals surface area contributed by atoms with Crippen molar-refractivity contribution in [3.8, 4) is 23.0 Å². The molecule has 0 radical (unpaired) electrons. The second kappa shape index (κ2) is 11.4. The van der Waals surface area contributed by atoms with Crippen LogP contribution in [0.25, 0.3) is 0 Å². The number of amides is 2. The van der Waals surface area contributed by atoms with Gasteiger partial charge in [0.05, 0.1) is 0 Å². The lowest BCUT2D eigenvalue weighted by Gasteiger charge is -2.09. The summed E-state index contributed by atoms with van der Waals surface area (Å²) in [7, 11) is 0. The molecule has 2 N–H and O–H groups in total. The fourth-order valence-electron chi connectivity index (χ4n) is 3.05. The average Bonchev–Trinajstić information content (AvgIpc) is 2.84. The van der Waals surface area contributed by atoms with Gasteiger partial charge in [0.1, 0.15) is 29.4 Å². The van der Waals surface area contributed by atoms with Crippen LogP contribution in [0.3, 0.4) is 0 Å². The number of hydrogen-bond donors (Lipinski definition) is 2. The van der Waals surface area contributed by atoms with Crippen LogP contribution in [0.5, 0.6) is 23.0 Å². The molecule has 0 aromatic heterocycles. The summed E-state index contributed by atoms with van der Waals surface area (Å²) in [5.74, 6) is 1.63. The van der Waals surface area contributed by atoms with Crippen molar-refractivity contribution in [2.75, 3.05) is 10.6 Å². The molecule has 35 heavy (non-hydrogen) atoms. The first-order valence-corrected chi connectivity index (χ1v) is 11.4. The van der Waals surface area contributed by atoms with E-state index in [1.165, 1.54) is 0 Å². The topological polar surface area (TPSA) is 76.7 Å². The number of anilines is 2. The normalized spacial score (nSPS) is 10.3. The highest BCUT2D eigenvalue weighted by molar-refractivity contribution is 6.30. The van der Waals surface area contributed by atoms with Crippen LogP contribution in [0.15, 0.2) is 97.1 Å². The lowest BCUT2D eigenvalue weighted by atomic mass is 10.2. The first kappa shape index (κ1) is 24.1. The number of carbonyl (C=O) groups is 2. The third-order valence-electron chi connectivity index (χ3n) is 4.70. The van der Waals surface area contributed by atoms with E-state index in [4.69, 9.17) is 32.7 Å². The van der Waals surface area contributed by atoms with Crippen LogP contribution < -0.4 is 20.1 Å². The second-order valence-corrected chi connectivity index (χ2v) is 8.31. The Hall–Kier alpha value is -4.00. The zero-order valence-corrected chi connectivity index (χ0v) is 19.8. The third-order valence-corrected chi connectivity index (χ3v) is 5.20. The standard InChI is InChI=1S/C27H20Cl2N2O4/c28-18-1-9-22(10-2-18)34-24-13-5-20(6-14-24)30-26(32)17-27(33)31-21-7-15-25(16-8-21)35-23-11-3-19(29)4-12-23/h1-16H,17H2,(H,30,32)(H,31,33). The first-order chi connectivity index (χ1) is 16.9. The summed E-state index contributed by atoms with van der Waals surface area (Å²) in [5.41, 5.74) is 1.10. The highest BCUT2D eigenvalue weighted by atomic mass is 35.5. The van der Waals surface area contributed by atoms with Gasteiger partial charge in [0.25, 0.3) is 0 Å². The lowest BCUT2D eigenvalue weighted by molar-refractivity contribution is -0.123. The fraction of sp³-hybridized carbons (Fsp3) is 0.0370. The molecule has 4 aromatic rings. The molecule has 8 heteroatoms. The van der Waals surface area contributed by atoms with Crippen LogP contribution >= 0.6 is 23.2 Å². The Morgan fingerprint density at radius 3 is 1.11 bits per heavy atom. The van der Waals surface area contributed by atoms with E-state index < -0.39 is 11.8 Å². The minimum Gasteiger partial charge on any atom is -0.457 e. The largest absolute Gasteiger partial charge is 0.457 e. The maximum atomic E-state index is 12.3. The van der Waals surface area contributed by atoms with Gasteiger partial charge >= 0.3 is 0 Å². The fourth-order valence-corrected chi connectivity index (χ4v) is 3.30. The van der Waals surface area contributed by atoms with Gasteiger partial charge < -0.3 is 20.1 Å². The molecule has 4 aromatic carbocycles. The zero-order chi connectivity index (χ0) is 24.6. The Morgan fingerprint density at radius 1 is 0.514 bits per heavy atom. The molecule has 0 unspecified atom stereocenters. The van der Waals surface area contributed by atoms with E-state index in [1.54, 1.807) is 97.1 Å². The van der Waals surface area contributed by atoms with Crippen LogP contribution in [-0.2, 0) is 9.59 Å². The minimum absolute atomic E-state index is 0.327. The summed E-state index contributed by atoms with van der Waals surface area (Å²) in [6, 6.07) is 27.6. The maximum Gasteiger partial charge on any atom is 0.233 e. The van der Waals surface area contributed by atoms with Gasteiger partial charge in [-0.3, -0.25) is 9.59 Å². The lowest BCUT2D eigenvalue weighted by Crippen LogP contribution is -2.21. The van der Waals surface area contributed by atoms with Gasteiger partial charge in [0, 0.05) is 21.4 Å². The van der Waals surface area contributed by atoms with Gasteiger partial charge in [-0.2, -0.15) is 0 Å². The number of ether oxygens (including phenoxy) is 2. The van der Waals surface area contributed by atoms with Gasteiger partial charge in [0.2, 0.25) is 11.8 Å². The molecule has 0 heterocycles. The molecule has 4 rings (SSSR count). The number of halogens is 2. The molecule has 0 saturated heterocycles. The monoisotopic (exact) mass is 506 g/mol. The third kappa shape index (κ3) is 7.50. The van der Waals surface area contributed by atoms with Crippen molar-refractivity contribution in [2.24, 2.45) is 0 Å². The summed E-state index contributed by atoms with van der Waals surface area (Å²) >= 11 is 11.7. The zero-order valence-electron chi connectivity index (χ0n) is 18.3. The molecule has 0 aliphatic carbocycles. The molecular weight excluding hydrogens is 487 g/mol. The highest BCUT2D eigenvalue weighted by Crippen LogP contribution is 2.26. The summed E-state index contributed by atoms with van der Waals surface area (Å²) < 4.78 is 11.4. The smallest absolute Gasteiger partial charge is 0.233 e. The second-order valence-electron chi connectivity index (χ2n) is 7.43. The van der Waals surface area contributed by atoms with Gasteiger partial charge in [-0.05, 0) is 97.1 Å². The number of rotatable bonds is 8. The maximum absolute atomic E-state index is 12.3. The quantitative estimate of drug-likeness (QED) is 0.242. The molecule has 0 fully saturated rings. The van der Waals surface area contributed by atoms with Crippen molar-refractivity contribution in [3.05, 3.63) is 107 Å². The van der Waals surface area contributed by atoms with Crippen molar-refractivity contribution >= 4 is 46.4 Å². The molecule has 0 saturated carbocycles. The van der Waals surface area contributed by atoms with Gasteiger partial charge in [0.15, 0.2) is 0 Å². The van der Waals surface area contributed by atoms with Crippen molar-refractivity contribution in [1.29, 1.82) is 0 Å². The summed E-state index contributed by atoms with van der Waals surface area (Å²) in [5, 5.41) is 6.64. The van der Waals surface area contributed by atoms with E-state index in [0.29, 0.717) is 44.4 Å². The summed E-state index contributed by atoms with van der Waals surface area (Å²) in [6.45, 7) is 0. The number of carbonyl (C=O) groups excluding carboxylic acids is 2. The van der Waals surface area contributed by atoms with E-state index in [2.05, 4.69) is 10.6 Å². The van der Waals surface area contributed by atoms with Crippen LogP contribution in [0.4, 0.5) is 11.4 Å². The highest BCUT2D eigenvalue weighted by Gasteiger charge is 2.11. The molecule has 6 nitrogen and oxygen atoms in total. The van der Waals surface area contributed by atoms with E-state index in [1.807, 2.05) is 0 Å². The number of nitrogens with one attached hydrogen (secondary N) is 2. The summed E-state index contributed by atoms with van der Waals surface area (Å²) in [4.78, 5) is 24.5. The predicted molar refractivity (Wildman–Crippen MR) is 138 cm³/mol. The predicted octanol–water partition coefficient (Wildman–Crippen LogP) is 7.55. The van der Waals surface area contributed by atoms with Gasteiger partial charge in [-0.1, -0.05) is 23.2 Å². The number of benzene rings is 4. The van der Waals surface area contributed by atoms with Crippen LogP contribution in [0, 0.1) is 0 Å². The van der Waals surface area contributed by atoms with Crippen molar-refractivity contribution in [3.63, 3.8) is 0 Å². The molecule has 0 spiro atoms. The molecule has 0 aliphatic heterocycles. The van der Waals surface area contributed by atoms with Gasteiger partial charge in [-0.25, -0.2) is 0 Å². The van der Waals surface area contributed by atoms with E-state index in [-0.39, 0.29) is 6.42 Å². The molecule has 0 aliphatic rings. The Labute approximate surface area is 212 Å². The first-order valence-electron chi connectivity index (χ1n) is 10.6. The Balaban J connectivity index is 1.24. The van der Waals surface area contributed by atoms with Gasteiger partial charge in [-0.15, -0.1) is 0 Å². The van der Waals surface area contributed by atoms with Crippen molar-refractivity contribution in [1.82, 2.24) is 0 Å². The number of hydrogen-bond acceptors (Lipinski definition) is 4. The molecular formula is C27H20Cl2N2O4. The molecule has 2 amide bonds. The Kier molecular flexibility index (Phi) is 7.88. The molecule has 0 atom stereocenters. The van der Waals surface area contributed by atoms with E-state index in [0.717, 1.165) is 0 Å². The van der Waals surface area contributed by atoms with Crippen molar-refractivity contribution < 1.29 is 19.1 Å². The molecule has 176 valence electrons. The SMILES string of the molecule is O=C(CC(=O)Nc1ccc(Oc2ccc(Cl)cc2)cc1)Nc1ccc(Oc2ccc(Cl)cc2)cc1.